The van der Waals surface area contributed by atoms with E-state index in [1.165, 1.54) is 44.1 Å². The van der Waals surface area contributed by atoms with E-state index in [9.17, 15) is 0 Å². The third kappa shape index (κ3) is 5.16. The molecule has 0 spiro atoms. The maximum absolute atomic E-state index is 5.09. The summed E-state index contributed by atoms with van der Waals surface area (Å²) in [5.74, 6) is 1.93. The van der Waals surface area contributed by atoms with Crippen molar-refractivity contribution in [3.63, 3.8) is 0 Å². The van der Waals surface area contributed by atoms with Crippen LogP contribution in [0.25, 0.3) is 83.9 Å². The second kappa shape index (κ2) is 12.5. The summed E-state index contributed by atoms with van der Waals surface area (Å²) in [6.45, 7) is 9.65. The Balaban J connectivity index is 1.12. The van der Waals surface area contributed by atoms with Gasteiger partial charge >= 0.3 is 0 Å². The largest absolute Gasteiger partial charge is 0.309 e. The zero-order chi connectivity index (χ0) is 37.3. The lowest BCUT2D eigenvalue weighted by Gasteiger charge is -2.48. The first-order valence-corrected chi connectivity index (χ1v) is 19.0. The summed E-state index contributed by atoms with van der Waals surface area (Å²) in [5.41, 5.74) is 13.9. The molecule has 0 unspecified atom stereocenters. The average molecular weight is 709 g/mol. The Morgan fingerprint density at radius 1 is 0.400 bits per heavy atom. The molecule has 0 atom stereocenters. The molecule has 0 aliphatic heterocycles. The van der Waals surface area contributed by atoms with Gasteiger partial charge in [-0.25, -0.2) is 15.0 Å². The maximum atomic E-state index is 5.09. The van der Waals surface area contributed by atoms with Gasteiger partial charge in [-0.15, -0.1) is 0 Å². The van der Waals surface area contributed by atoms with E-state index < -0.39 is 0 Å². The third-order valence-corrected chi connectivity index (χ3v) is 12.2. The van der Waals surface area contributed by atoms with Crippen LogP contribution in [0.5, 0.6) is 0 Å². The van der Waals surface area contributed by atoms with Crippen molar-refractivity contribution < 1.29 is 0 Å². The van der Waals surface area contributed by atoms with Crippen molar-refractivity contribution in [1.82, 2.24) is 19.5 Å². The Bertz CT molecular complexity index is 2900. The van der Waals surface area contributed by atoms with Crippen LogP contribution in [0, 0.1) is 0 Å². The van der Waals surface area contributed by atoms with E-state index in [1.54, 1.807) is 0 Å². The molecule has 0 bridgehead atoms. The predicted molar refractivity (Wildman–Crippen MR) is 227 cm³/mol. The fourth-order valence-electron chi connectivity index (χ4n) is 8.70. The number of rotatable bonds is 5. The number of para-hydroxylation sites is 1. The topological polar surface area (TPSA) is 43.6 Å². The van der Waals surface area contributed by atoms with Crippen molar-refractivity contribution in [2.75, 3.05) is 0 Å². The van der Waals surface area contributed by atoms with Gasteiger partial charge in [0.1, 0.15) is 0 Å². The summed E-state index contributed by atoms with van der Waals surface area (Å²) in [5, 5.41) is 2.60. The fraction of sp³-hybridized carbons (Fsp3) is 0.118. The fourth-order valence-corrected chi connectivity index (χ4v) is 8.70. The minimum Gasteiger partial charge on any atom is -0.309 e. The highest BCUT2D eigenvalue weighted by atomic mass is 15.0. The van der Waals surface area contributed by atoms with E-state index in [2.05, 4.69) is 166 Å². The Hall–Kier alpha value is -6.65. The third-order valence-electron chi connectivity index (χ3n) is 12.2. The number of hydrogen-bond acceptors (Lipinski definition) is 3. The highest BCUT2D eigenvalue weighted by Gasteiger charge is 2.47. The molecule has 0 radical (unpaired) electrons. The van der Waals surface area contributed by atoms with Crippen molar-refractivity contribution in [3.8, 4) is 62.1 Å². The van der Waals surface area contributed by atoms with E-state index in [0.717, 1.165) is 33.5 Å². The Morgan fingerprint density at radius 3 is 1.69 bits per heavy atom. The normalized spacial score (nSPS) is 14.1. The van der Waals surface area contributed by atoms with Crippen LogP contribution in [0.15, 0.2) is 170 Å². The van der Waals surface area contributed by atoms with Crippen LogP contribution < -0.4 is 0 Å². The van der Waals surface area contributed by atoms with Gasteiger partial charge in [-0.05, 0) is 81.3 Å². The molecule has 9 aromatic rings. The first kappa shape index (κ1) is 33.0. The molecule has 0 amide bonds. The summed E-state index contributed by atoms with van der Waals surface area (Å²) in [6.07, 6.45) is 0. The zero-order valence-electron chi connectivity index (χ0n) is 31.5. The standard InChI is InChI=1S/C51H40N4/c1-50(2)42-24-13-11-22-39(42)40-30-31-44-45(46(40)51(50,3)4)41-23-12-14-25-43(41)55(44)38-28-26-35(27-29-38)48-52-47(34-18-9-6-10-19-34)53-49(54-48)37-21-15-20-36(32-37)33-16-7-5-8-17-33/h5-32H,1-4H3. The Morgan fingerprint density at radius 2 is 0.964 bits per heavy atom. The molecular weight excluding hydrogens is 669 g/mol. The second-order valence-electron chi connectivity index (χ2n) is 15.7. The molecule has 4 nitrogen and oxygen atoms in total. The van der Waals surface area contributed by atoms with E-state index >= 15 is 0 Å². The monoisotopic (exact) mass is 708 g/mol. The van der Waals surface area contributed by atoms with Crippen molar-refractivity contribution >= 4 is 21.8 Å². The van der Waals surface area contributed by atoms with Crippen LogP contribution in [-0.2, 0) is 10.8 Å². The average Bonchev–Trinajstić information content (AvgIpc) is 3.58. The van der Waals surface area contributed by atoms with E-state index in [-0.39, 0.29) is 10.8 Å². The number of aromatic nitrogens is 4. The molecule has 0 saturated heterocycles. The summed E-state index contributed by atoms with van der Waals surface area (Å²) >= 11 is 0. The van der Waals surface area contributed by atoms with Gasteiger partial charge in [-0.1, -0.05) is 155 Å². The van der Waals surface area contributed by atoms with Crippen LogP contribution in [0.1, 0.15) is 38.8 Å². The van der Waals surface area contributed by atoms with Gasteiger partial charge in [0.25, 0.3) is 0 Å². The molecule has 0 N–H and O–H groups in total. The van der Waals surface area contributed by atoms with Crippen molar-refractivity contribution in [2.45, 2.75) is 38.5 Å². The van der Waals surface area contributed by atoms with E-state index in [0.29, 0.717) is 17.5 Å². The smallest absolute Gasteiger partial charge is 0.164 e. The Labute approximate surface area is 321 Å². The summed E-state index contributed by atoms with van der Waals surface area (Å²) in [6, 6.07) is 60.2. The predicted octanol–water partition coefficient (Wildman–Crippen LogP) is 12.9. The number of nitrogens with zero attached hydrogens (tertiary/aromatic N) is 4. The minimum absolute atomic E-state index is 0.0689. The highest BCUT2D eigenvalue weighted by Crippen LogP contribution is 2.56. The number of benzene rings is 7. The molecule has 0 fully saturated rings. The van der Waals surface area contributed by atoms with Gasteiger partial charge in [0.05, 0.1) is 11.0 Å². The molecule has 7 aromatic carbocycles. The molecule has 10 rings (SSSR count). The van der Waals surface area contributed by atoms with Crippen molar-refractivity contribution in [1.29, 1.82) is 0 Å². The molecule has 2 aromatic heterocycles. The van der Waals surface area contributed by atoms with Crippen LogP contribution in [0.2, 0.25) is 0 Å². The molecule has 0 saturated carbocycles. The Kier molecular flexibility index (Phi) is 7.47. The van der Waals surface area contributed by atoms with Gasteiger partial charge in [-0.3, -0.25) is 0 Å². The molecule has 264 valence electrons. The van der Waals surface area contributed by atoms with Crippen LogP contribution in [0.3, 0.4) is 0 Å². The van der Waals surface area contributed by atoms with E-state index in [1.807, 2.05) is 36.4 Å². The van der Waals surface area contributed by atoms with Crippen LogP contribution in [0.4, 0.5) is 0 Å². The van der Waals surface area contributed by atoms with Crippen molar-refractivity contribution in [3.05, 3.63) is 181 Å². The molecular formula is C51H40N4. The van der Waals surface area contributed by atoms with Gasteiger partial charge in [0, 0.05) is 38.6 Å². The number of fused-ring (bicyclic) bond motifs is 7. The van der Waals surface area contributed by atoms with Gasteiger partial charge in [-0.2, -0.15) is 0 Å². The quantitative estimate of drug-likeness (QED) is 0.179. The summed E-state index contributed by atoms with van der Waals surface area (Å²) in [7, 11) is 0. The van der Waals surface area contributed by atoms with Gasteiger partial charge < -0.3 is 4.57 Å². The zero-order valence-corrected chi connectivity index (χ0v) is 31.5. The molecule has 55 heavy (non-hydrogen) atoms. The highest BCUT2D eigenvalue weighted by molar-refractivity contribution is 6.13. The van der Waals surface area contributed by atoms with Crippen LogP contribution in [-0.4, -0.2) is 19.5 Å². The minimum atomic E-state index is -0.123. The summed E-state index contributed by atoms with van der Waals surface area (Å²) < 4.78 is 2.42. The maximum Gasteiger partial charge on any atom is 0.164 e. The second-order valence-corrected chi connectivity index (χ2v) is 15.7. The van der Waals surface area contributed by atoms with Crippen LogP contribution >= 0.6 is 0 Å². The lowest BCUT2D eigenvalue weighted by Crippen LogP contribution is -2.43. The van der Waals surface area contributed by atoms with Crippen molar-refractivity contribution in [2.24, 2.45) is 0 Å². The summed E-state index contributed by atoms with van der Waals surface area (Å²) in [4.78, 5) is 15.1. The number of hydrogen-bond donors (Lipinski definition) is 0. The lowest BCUT2D eigenvalue weighted by atomic mass is 9.55. The van der Waals surface area contributed by atoms with Gasteiger partial charge in [0.2, 0.25) is 0 Å². The molecule has 2 heterocycles. The first-order valence-electron chi connectivity index (χ1n) is 19.0. The van der Waals surface area contributed by atoms with E-state index in [4.69, 9.17) is 15.0 Å². The lowest BCUT2D eigenvalue weighted by molar-refractivity contribution is 0.301. The molecule has 1 aliphatic carbocycles. The molecule has 4 heteroatoms. The SMILES string of the molecule is CC1(C)c2ccccc2-c2ccc3c(c2C1(C)C)c1ccccc1n3-c1ccc(-c2nc(-c3ccccc3)nc(-c3cccc(-c4ccccc4)c3)n2)cc1. The van der Waals surface area contributed by atoms with Gasteiger partial charge in [0.15, 0.2) is 17.5 Å². The first-order chi connectivity index (χ1) is 26.8. The molecule has 1 aliphatic rings.